The molecular formula is C13H19NS. The third-order valence-corrected chi connectivity index (χ3v) is 4.74. The second-order valence-corrected chi connectivity index (χ2v) is 6.39. The number of rotatable bonds is 1. The van der Waals surface area contributed by atoms with Gasteiger partial charge in [-0.05, 0) is 44.5 Å². The molecule has 0 aliphatic carbocycles. The van der Waals surface area contributed by atoms with Crippen LogP contribution in [0.1, 0.15) is 36.6 Å². The lowest BCUT2D eigenvalue weighted by molar-refractivity contribution is 0.474. The van der Waals surface area contributed by atoms with Gasteiger partial charge >= 0.3 is 0 Å². The molecule has 0 aromatic heterocycles. The maximum absolute atomic E-state index is 3.46. The number of hydrogen-bond donors (Lipinski definition) is 1. The van der Waals surface area contributed by atoms with Crippen LogP contribution in [0.25, 0.3) is 0 Å². The zero-order chi connectivity index (χ0) is 11.1. The molecule has 1 nitrogen and oxygen atoms in total. The van der Waals surface area contributed by atoms with Crippen LogP contribution < -0.4 is 5.32 Å². The van der Waals surface area contributed by atoms with Crippen molar-refractivity contribution in [2.75, 3.05) is 7.05 Å². The molecule has 2 rings (SSSR count). The summed E-state index contributed by atoms with van der Waals surface area (Å²) in [6.45, 7) is 6.86. The smallest absolute Gasteiger partial charge is 0.0464 e. The summed E-state index contributed by atoms with van der Waals surface area (Å²) < 4.78 is 0.287. The number of fused-ring (bicyclic) bond motifs is 1. The first kappa shape index (κ1) is 11.0. The lowest BCUT2D eigenvalue weighted by atomic mass is 9.89. The van der Waals surface area contributed by atoms with Crippen molar-refractivity contribution in [1.82, 2.24) is 5.32 Å². The van der Waals surface area contributed by atoms with E-state index in [1.165, 1.54) is 16.7 Å². The summed E-state index contributed by atoms with van der Waals surface area (Å²) in [5.41, 5.74) is 4.44. The fourth-order valence-electron chi connectivity index (χ4n) is 2.41. The Labute approximate surface area is 96.7 Å². The maximum atomic E-state index is 3.46. The molecule has 1 aromatic carbocycles. The third-order valence-electron chi connectivity index (χ3n) is 3.33. The topological polar surface area (TPSA) is 12.0 Å². The minimum absolute atomic E-state index is 0.287. The average molecular weight is 221 g/mol. The predicted molar refractivity (Wildman–Crippen MR) is 68.4 cm³/mol. The quantitative estimate of drug-likeness (QED) is 0.781. The van der Waals surface area contributed by atoms with Crippen molar-refractivity contribution in [3.63, 3.8) is 0 Å². The van der Waals surface area contributed by atoms with E-state index in [2.05, 4.69) is 51.3 Å². The largest absolute Gasteiger partial charge is 0.312 e. The molecule has 0 spiro atoms. The highest BCUT2D eigenvalue weighted by atomic mass is 32.2. The first-order valence-corrected chi connectivity index (χ1v) is 6.44. The number of benzene rings is 1. The van der Waals surface area contributed by atoms with Gasteiger partial charge in [0.1, 0.15) is 0 Å². The van der Waals surface area contributed by atoms with Gasteiger partial charge in [0.25, 0.3) is 0 Å². The molecule has 1 heterocycles. The van der Waals surface area contributed by atoms with E-state index in [4.69, 9.17) is 0 Å². The van der Waals surface area contributed by atoms with E-state index in [-0.39, 0.29) is 4.75 Å². The van der Waals surface area contributed by atoms with Crippen molar-refractivity contribution in [3.05, 3.63) is 34.9 Å². The molecule has 0 amide bonds. The molecular weight excluding hydrogens is 202 g/mol. The zero-order valence-corrected chi connectivity index (χ0v) is 10.7. The van der Waals surface area contributed by atoms with E-state index in [9.17, 15) is 0 Å². The van der Waals surface area contributed by atoms with Crippen molar-refractivity contribution < 1.29 is 0 Å². The van der Waals surface area contributed by atoms with E-state index in [0.29, 0.717) is 6.04 Å². The lowest BCUT2D eigenvalue weighted by Gasteiger charge is -2.40. The van der Waals surface area contributed by atoms with E-state index >= 15 is 0 Å². The molecule has 1 atom stereocenters. The second kappa shape index (κ2) is 3.84. The van der Waals surface area contributed by atoms with Crippen molar-refractivity contribution in [3.8, 4) is 0 Å². The third kappa shape index (κ3) is 1.81. The number of nitrogens with one attached hydrogen (secondary N) is 1. The molecule has 0 saturated heterocycles. The zero-order valence-electron chi connectivity index (χ0n) is 9.92. The number of thioether (sulfide) groups is 1. The minimum Gasteiger partial charge on any atom is -0.312 e. The summed E-state index contributed by atoms with van der Waals surface area (Å²) in [4.78, 5) is 0. The predicted octanol–water partition coefficient (Wildman–Crippen LogP) is 3.28. The fraction of sp³-hybridized carbons (Fsp3) is 0.538. The number of aryl methyl sites for hydroxylation is 1. The van der Waals surface area contributed by atoms with Gasteiger partial charge < -0.3 is 5.32 Å². The van der Waals surface area contributed by atoms with Gasteiger partial charge in [0.2, 0.25) is 0 Å². The Hall–Kier alpha value is -0.470. The van der Waals surface area contributed by atoms with Gasteiger partial charge in [-0.25, -0.2) is 0 Å². The highest BCUT2D eigenvalue weighted by Crippen LogP contribution is 2.45. The van der Waals surface area contributed by atoms with Gasteiger partial charge in [-0.2, -0.15) is 0 Å². The van der Waals surface area contributed by atoms with Gasteiger partial charge in [-0.1, -0.05) is 18.2 Å². The normalized spacial score (nSPS) is 23.6. The summed E-state index contributed by atoms with van der Waals surface area (Å²) in [5, 5.41) is 3.46. The molecule has 0 saturated carbocycles. The van der Waals surface area contributed by atoms with Crippen LogP contribution in [0.3, 0.4) is 0 Å². The summed E-state index contributed by atoms with van der Waals surface area (Å²) >= 11 is 2.05. The average Bonchev–Trinajstić information content (AvgIpc) is 2.16. The Morgan fingerprint density at radius 2 is 2.13 bits per heavy atom. The highest BCUT2D eigenvalue weighted by Gasteiger charge is 2.35. The molecule has 82 valence electrons. The summed E-state index contributed by atoms with van der Waals surface area (Å²) in [5.74, 6) is 1.15. The lowest BCUT2D eigenvalue weighted by Crippen LogP contribution is -2.38. The maximum Gasteiger partial charge on any atom is 0.0464 e. The van der Waals surface area contributed by atoms with Crippen LogP contribution >= 0.6 is 11.8 Å². The van der Waals surface area contributed by atoms with Crippen molar-refractivity contribution >= 4 is 11.8 Å². The minimum atomic E-state index is 0.287. The molecule has 1 aromatic rings. The van der Waals surface area contributed by atoms with Crippen molar-refractivity contribution in [2.24, 2.45) is 0 Å². The van der Waals surface area contributed by atoms with Crippen LogP contribution in [0.2, 0.25) is 0 Å². The van der Waals surface area contributed by atoms with Crippen LogP contribution in [0.4, 0.5) is 0 Å². The van der Waals surface area contributed by atoms with Crippen LogP contribution in [0.15, 0.2) is 18.2 Å². The van der Waals surface area contributed by atoms with E-state index in [0.717, 1.165) is 5.75 Å². The molecule has 1 N–H and O–H groups in total. The van der Waals surface area contributed by atoms with Gasteiger partial charge in [-0.15, -0.1) is 11.8 Å². The Morgan fingerprint density at radius 3 is 2.80 bits per heavy atom. The van der Waals surface area contributed by atoms with Crippen molar-refractivity contribution in [2.45, 2.75) is 37.3 Å². The highest BCUT2D eigenvalue weighted by molar-refractivity contribution is 8.00. The van der Waals surface area contributed by atoms with Gasteiger partial charge in [0, 0.05) is 16.5 Å². The summed E-state index contributed by atoms with van der Waals surface area (Å²) in [6, 6.07) is 7.12. The van der Waals surface area contributed by atoms with E-state index < -0.39 is 0 Å². The number of hydrogen-bond acceptors (Lipinski definition) is 2. The van der Waals surface area contributed by atoms with Gasteiger partial charge in [0.05, 0.1) is 0 Å². The molecule has 0 radical (unpaired) electrons. The Morgan fingerprint density at radius 1 is 1.40 bits per heavy atom. The van der Waals surface area contributed by atoms with E-state index in [1.807, 2.05) is 11.8 Å². The Balaban J connectivity index is 2.51. The van der Waals surface area contributed by atoms with Crippen molar-refractivity contribution in [1.29, 1.82) is 0 Å². The molecule has 0 bridgehead atoms. The molecule has 1 aliphatic heterocycles. The summed E-state index contributed by atoms with van der Waals surface area (Å²) in [6.07, 6.45) is 0. The van der Waals surface area contributed by atoms with Crippen LogP contribution in [-0.2, 0) is 5.75 Å². The van der Waals surface area contributed by atoms with Crippen LogP contribution in [0, 0.1) is 6.92 Å². The van der Waals surface area contributed by atoms with Crippen LogP contribution in [0.5, 0.6) is 0 Å². The first-order chi connectivity index (χ1) is 7.06. The van der Waals surface area contributed by atoms with Crippen LogP contribution in [-0.4, -0.2) is 11.8 Å². The van der Waals surface area contributed by atoms with E-state index in [1.54, 1.807) is 0 Å². The van der Waals surface area contributed by atoms with Gasteiger partial charge in [0.15, 0.2) is 0 Å². The Bertz CT molecular complexity index is 371. The summed E-state index contributed by atoms with van der Waals surface area (Å²) in [7, 11) is 2.06. The first-order valence-electron chi connectivity index (χ1n) is 5.46. The molecule has 1 aliphatic rings. The fourth-order valence-corrected chi connectivity index (χ4v) is 3.73. The Kier molecular flexibility index (Phi) is 2.82. The van der Waals surface area contributed by atoms with Gasteiger partial charge in [-0.3, -0.25) is 0 Å². The SMILES string of the molecule is CNC1c2cccc(C)c2CSC1(C)C. The molecule has 15 heavy (non-hydrogen) atoms. The second-order valence-electron chi connectivity index (χ2n) is 4.76. The molecule has 2 heteroatoms. The standard InChI is InChI=1S/C13H19NS/c1-9-6-5-7-10-11(9)8-15-13(2,3)12(10)14-4/h5-7,12,14H,8H2,1-4H3. The monoisotopic (exact) mass is 221 g/mol. The molecule has 1 unspecified atom stereocenters. The molecule has 0 fully saturated rings.